The molecule has 3 aromatic rings. The summed E-state index contributed by atoms with van der Waals surface area (Å²) in [5.74, 6) is 3.59. The monoisotopic (exact) mass is 404 g/mol. The molecule has 2 aromatic heterocycles. The minimum absolute atomic E-state index is 0.122. The van der Waals surface area contributed by atoms with E-state index in [0.29, 0.717) is 6.61 Å². The summed E-state index contributed by atoms with van der Waals surface area (Å²) in [4.78, 5) is 5.81. The molecule has 4 rings (SSSR count). The van der Waals surface area contributed by atoms with Crippen LogP contribution in [0.25, 0.3) is 28.4 Å². The van der Waals surface area contributed by atoms with Crippen LogP contribution in [-0.2, 0) is 0 Å². The zero-order chi connectivity index (χ0) is 20.9. The molecule has 30 heavy (non-hydrogen) atoms. The second-order valence-electron chi connectivity index (χ2n) is 7.71. The Bertz CT molecular complexity index is 1060. The quantitative estimate of drug-likeness (QED) is 0.414. The van der Waals surface area contributed by atoms with Gasteiger partial charge in [-0.25, -0.2) is 0 Å². The Morgan fingerprint density at radius 1 is 1.33 bits per heavy atom. The number of nitrogens with one attached hydrogen (secondary N) is 2. The van der Waals surface area contributed by atoms with E-state index < -0.39 is 0 Å². The number of aliphatic hydroxyl groups is 1. The number of fused-ring (bicyclic) bond motifs is 1. The van der Waals surface area contributed by atoms with E-state index in [2.05, 4.69) is 32.1 Å². The van der Waals surface area contributed by atoms with Crippen molar-refractivity contribution in [3.8, 4) is 29.5 Å². The lowest BCUT2D eigenvalue weighted by Crippen LogP contribution is -2.36. The van der Waals surface area contributed by atoms with Gasteiger partial charge in [-0.2, -0.15) is 5.10 Å². The van der Waals surface area contributed by atoms with Crippen molar-refractivity contribution < 1.29 is 9.84 Å². The largest absolute Gasteiger partial charge is 0.493 e. The highest BCUT2D eigenvalue weighted by atomic mass is 16.5. The van der Waals surface area contributed by atoms with Crippen molar-refractivity contribution in [2.75, 3.05) is 26.2 Å². The Labute approximate surface area is 176 Å². The minimum atomic E-state index is -0.122. The van der Waals surface area contributed by atoms with Crippen LogP contribution in [0, 0.1) is 12.3 Å². The number of benzene rings is 1. The highest BCUT2D eigenvalue weighted by Gasteiger charge is 2.16. The van der Waals surface area contributed by atoms with E-state index in [0.717, 1.165) is 78.2 Å². The SMILES string of the molecule is C#Cc1c(-c2cc3ccc(OCCCN4CCC(O)CC4)cc3[nH]2)n[nH]c1/C=C\C. The molecule has 0 unspecified atom stereocenters. The summed E-state index contributed by atoms with van der Waals surface area (Å²) < 4.78 is 5.96. The molecule has 6 nitrogen and oxygen atoms in total. The summed E-state index contributed by atoms with van der Waals surface area (Å²) in [6.07, 6.45) is 12.2. The van der Waals surface area contributed by atoms with E-state index in [1.807, 2.05) is 37.3 Å². The number of allylic oxidation sites excluding steroid dienone is 1. The first-order valence-corrected chi connectivity index (χ1v) is 10.5. The van der Waals surface area contributed by atoms with Gasteiger partial charge < -0.3 is 19.7 Å². The number of likely N-dealkylation sites (tertiary alicyclic amines) is 1. The van der Waals surface area contributed by atoms with Crippen LogP contribution in [0.15, 0.2) is 30.3 Å². The number of ether oxygens (including phenoxy) is 1. The molecule has 0 bridgehead atoms. The molecule has 0 radical (unpaired) electrons. The molecule has 0 spiro atoms. The molecule has 0 amide bonds. The van der Waals surface area contributed by atoms with Crippen LogP contribution in [0.5, 0.6) is 5.75 Å². The van der Waals surface area contributed by atoms with Crippen molar-refractivity contribution in [1.82, 2.24) is 20.1 Å². The smallest absolute Gasteiger partial charge is 0.125 e. The maximum absolute atomic E-state index is 9.59. The number of aromatic amines is 2. The summed E-state index contributed by atoms with van der Waals surface area (Å²) in [5.41, 5.74) is 4.21. The van der Waals surface area contributed by atoms with Gasteiger partial charge in [0.05, 0.1) is 29.7 Å². The standard InChI is InChI=1S/C24H28N4O2/c1-3-6-21-20(4-2)24(27-26-21)23-15-17-7-8-19(16-22(17)25-23)30-14-5-11-28-12-9-18(29)10-13-28/h2-3,6-8,15-16,18,25,29H,5,9-14H2,1H3,(H,26,27)/b6-3-. The Morgan fingerprint density at radius 3 is 2.93 bits per heavy atom. The number of aliphatic hydroxyl groups excluding tert-OH is 1. The van der Waals surface area contributed by atoms with Gasteiger partial charge in [0, 0.05) is 36.6 Å². The average Bonchev–Trinajstić information content (AvgIpc) is 3.36. The first kappa shape index (κ1) is 20.3. The molecular weight excluding hydrogens is 376 g/mol. The Balaban J connectivity index is 1.40. The van der Waals surface area contributed by atoms with E-state index in [1.165, 1.54) is 0 Å². The molecule has 6 heteroatoms. The van der Waals surface area contributed by atoms with E-state index >= 15 is 0 Å². The predicted octanol–water partition coefficient (Wildman–Crippen LogP) is 3.80. The normalized spacial score (nSPS) is 15.8. The fraction of sp³-hybridized carbons (Fsp3) is 0.375. The van der Waals surface area contributed by atoms with Crippen LogP contribution in [0.4, 0.5) is 0 Å². The van der Waals surface area contributed by atoms with E-state index in [-0.39, 0.29) is 6.10 Å². The summed E-state index contributed by atoms with van der Waals surface area (Å²) in [6, 6.07) is 8.12. The molecule has 1 saturated heterocycles. The lowest BCUT2D eigenvalue weighted by molar-refractivity contribution is 0.0800. The van der Waals surface area contributed by atoms with Gasteiger partial charge in [-0.1, -0.05) is 12.0 Å². The molecule has 3 N–H and O–H groups in total. The Hall–Kier alpha value is -3.01. The number of piperidine rings is 1. The number of nitrogens with zero attached hydrogens (tertiary/aromatic N) is 2. The predicted molar refractivity (Wildman–Crippen MR) is 120 cm³/mol. The van der Waals surface area contributed by atoms with Crippen molar-refractivity contribution in [3.63, 3.8) is 0 Å². The van der Waals surface area contributed by atoms with Crippen molar-refractivity contribution in [3.05, 3.63) is 41.6 Å². The molecule has 0 atom stereocenters. The molecule has 0 saturated carbocycles. The first-order valence-electron chi connectivity index (χ1n) is 10.5. The molecule has 156 valence electrons. The molecule has 1 aromatic carbocycles. The summed E-state index contributed by atoms with van der Waals surface area (Å²) in [7, 11) is 0. The fourth-order valence-electron chi connectivity index (χ4n) is 3.93. The van der Waals surface area contributed by atoms with Crippen LogP contribution in [0.3, 0.4) is 0 Å². The van der Waals surface area contributed by atoms with Gasteiger partial charge in [0.25, 0.3) is 0 Å². The summed E-state index contributed by atoms with van der Waals surface area (Å²) >= 11 is 0. The van der Waals surface area contributed by atoms with Gasteiger partial charge in [-0.15, -0.1) is 6.42 Å². The molecule has 1 aliphatic heterocycles. The summed E-state index contributed by atoms with van der Waals surface area (Å²) in [6.45, 7) is 5.57. The van der Waals surface area contributed by atoms with E-state index in [9.17, 15) is 5.11 Å². The highest BCUT2D eigenvalue weighted by molar-refractivity contribution is 5.87. The van der Waals surface area contributed by atoms with Crippen LogP contribution in [0.2, 0.25) is 0 Å². The molecule has 1 fully saturated rings. The third kappa shape index (κ3) is 4.43. The highest BCUT2D eigenvalue weighted by Crippen LogP contribution is 2.29. The number of hydrogen-bond donors (Lipinski definition) is 3. The first-order chi connectivity index (χ1) is 14.7. The Morgan fingerprint density at radius 2 is 2.17 bits per heavy atom. The van der Waals surface area contributed by atoms with Crippen molar-refractivity contribution >= 4 is 17.0 Å². The van der Waals surface area contributed by atoms with Gasteiger partial charge in [-0.05, 0) is 50.5 Å². The average molecular weight is 405 g/mol. The van der Waals surface area contributed by atoms with Gasteiger partial charge >= 0.3 is 0 Å². The zero-order valence-electron chi connectivity index (χ0n) is 17.3. The molecular formula is C24H28N4O2. The topological polar surface area (TPSA) is 77.2 Å². The van der Waals surface area contributed by atoms with Crippen LogP contribution in [-0.4, -0.2) is 57.5 Å². The maximum Gasteiger partial charge on any atom is 0.125 e. The molecule has 0 aliphatic carbocycles. The van der Waals surface area contributed by atoms with Crippen LogP contribution < -0.4 is 4.74 Å². The number of aromatic nitrogens is 3. The van der Waals surface area contributed by atoms with Gasteiger partial charge in [-0.3, -0.25) is 5.10 Å². The lowest BCUT2D eigenvalue weighted by atomic mass is 10.1. The number of terminal acetylenes is 1. The van der Waals surface area contributed by atoms with Crippen LogP contribution in [0.1, 0.15) is 37.4 Å². The minimum Gasteiger partial charge on any atom is -0.493 e. The maximum atomic E-state index is 9.59. The van der Waals surface area contributed by atoms with Gasteiger partial charge in [0.15, 0.2) is 0 Å². The van der Waals surface area contributed by atoms with Gasteiger partial charge in [0.1, 0.15) is 11.4 Å². The van der Waals surface area contributed by atoms with E-state index in [1.54, 1.807) is 0 Å². The van der Waals surface area contributed by atoms with Gasteiger partial charge in [0.2, 0.25) is 0 Å². The Kier molecular flexibility index (Phi) is 6.22. The fourth-order valence-corrected chi connectivity index (χ4v) is 3.93. The second kappa shape index (κ2) is 9.21. The van der Waals surface area contributed by atoms with Crippen molar-refractivity contribution in [2.24, 2.45) is 0 Å². The second-order valence-corrected chi connectivity index (χ2v) is 7.71. The number of H-pyrrole nitrogens is 2. The molecule has 3 heterocycles. The zero-order valence-corrected chi connectivity index (χ0v) is 17.3. The van der Waals surface area contributed by atoms with Crippen molar-refractivity contribution in [1.29, 1.82) is 0 Å². The van der Waals surface area contributed by atoms with Crippen molar-refractivity contribution in [2.45, 2.75) is 32.3 Å². The third-order valence-electron chi connectivity index (χ3n) is 5.57. The lowest BCUT2D eigenvalue weighted by Gasteiger charge is -2.29. The summed E-state index contributed by atoms with van der Waals surface area (Å²) in [5, 5.41) is 18.1. The molecule has 1 aliphatic rings. The third-order valence-corrected chi connectivity index (χ3v) is 5.57. The van der Waals surface area contributed by atoms with E-state index in [4.69, 9.17) is 11.2 Å². The van der Waals surface area contributed by atoms with Crippen LogP contribution >= 0.6 is 0 Å². The number of rotatable bonds is 7. The number of hydrogen-bond acceptors (Lipinski definition) is 4.